The van der Waals surface area contributed by atoms with E-state index >= 15 is 0 Å². The number of carbonyl (C=O) groups excluding carboxylic acids is 2. The van der Waals surface area contributed by atoms with Crippen LogP contribution in [0.3, 0.4) is 0 Å². The quantitative estimate of drug-likeness (QED) is 0.701. The van der Waals surface area contributed by atoms with Gasteiger partial charge < -0.3 is 15.0 Å². The fourth-order valence-electron chi connectivity index (χ4n) is 2.85. The molecule has 154 valence electrons. The molecule has 1 aromatic rings. The number of carbonyl (C=O) groups is 2. The number of benzene rings is 1. The highest BCUT2D eigenvalue weighted by Gasteiger charge is 2.15. The number of alkyl carbamates (subject to hydrolysis) is 1. The molecular formula is C23H34N2O3. The van der Waals surface area contributed by atoms with Crippen molar-refractivity contribution in [1.82, 2.24) is 10.2 Å². The van der Waals surface area contributed by atoms with Crippen LogP contribution in [-0.2, 0) is 16.1 Å². The van der Waals surface area contributed by atoms with Crippen LogP contribution in [0.25, 0.3) is 0 Å². The normalized spacial score (nSPS) is 15.5. The molecule has 5 heteroatoms. The monoisotopic (exact) mass is 386 g/mol. The Balaban J connectivity index is 0.00000190. The number of rotatable bonds is 7. The lowest BCUT2D eigenvalue weighted by atomic mass is 10.1. The molecule has 1 aromatic carbocycles. The molecule has 0 spiro atoms. The van der Waals surface area contributed by atoms with Crippen molar-refractivity contribution < 1.29 is 14.3 Å². The minimum absolute atomic E-state index is 0.0647. The van der Waals surface area contributed by atoms with Crippen LogP contribution in [0.1, 0.15) is 64.9 Å². The first-order valence-electron chi connectivity index (χ1n) is 10.4. The molecule has 2 amide bonds. The summed E-state index contributed by atoms with van der Waals surface area (Å²) in [6, 6.07) is 9.84. The number of hydrogen-bond donors (Lipinski definition) is 1. The molecule has 5 nitrogen and oxygen atoms in total. The first kappa shape index (κ1) is 23.6. The van der Waals surface area contributed by atoms with Gasteiger partial charge in [0.1, 0.15) is 0 Å². The molecule has 28 heavy (non-hydrogen) atoms. The summed E-state index contributed by atoms with van der Waals surface area (Å²) in [5, 5.41) is 2.74. The van der Waals surface area contributed by atoms with Gasteiger partial charge in [0, 0.05) is 32.5 Å². The molecule has 0 heterocycles. The van der Waals surface area contributed by atoms with E-state index in [0.717, 1.165) is 37.7 Å². The Labute approximate surface area is 169 Å². The van der Waals surface area contributed by atoms with Gasteiger partial charge in [-0.25, -0.2) is 4.79 Å². The zero-order valence-corrected chi connectivity index (χ0v) is 17.5. The minimum Gasteiger partial charge on any atom is -0.433 e. The summed E-state index contributed by atoms with van der Waals surface area (Å²) >= 11 is 0. The Morgan fingerprint density at radius 2 is 1.93 bits per heavy atom. The number of ether oxygens (including phenoxy) is 1. The summed E-state index contributed by atoms with van der Waals surface area (Å²) in [6.45, 7) is 7.19. The van der Waals surface area contributed by atoms with Crippen molar-refractivity contribution >= 4 is 12.0 Å². The number of hydrogen-bond acceptors (Lipinski definition) is 3. The van der Waals surface area contributed by atoms with Gasteiger partial charge in [0.2, 0.25) is 5.91 Å². The van der Waals surface area contributed by atoms with Gasteiger partial charge in [-0.15, -0.1) is 0 Å². The summed E-state index contributed by atoms with van der Waals surface area (Å²) in [4.78, 5) is 25.9. The highest BCUT2D eigenvalue weighted by Crippen LogP contribution is 2.11. The molecule has 0 saturated carbocycles. The van der Waals surface area contributed by atoms with E-state index in [1.807, 2.05) is 51.1 Å². The van der Waals surface area contributed by atoms with Gasteiger partial charge in [-0.05, 0) is 24.8 Å². The third kappa shape index (κ3) is 9.45. The van der Waals surface area contributed by atoms with Gasteiger partial charge in [0.05, 0.1) is 0 Å². The average molecular weight is 387 g/mol. The van der Waals surface area contributed by atoms with E-state index in [0.29, 0.717) is 26.1 Å². The second-order valence-corrected chi connectivity index (χ2v) is 6.40. The van der Waals surface area contributed by atoms with Gasteiger partial charge in [-0.2, -0.15) is 0 Å². The van der Waals surface area contributed by atoms with Crippen LogP contribution in [0.2, 0.25) is 0 Å². The van der Waals surface area contributed by atoms with E-state index < -0.39 is 6.09 Å². The Kier molecular flexibility index (Phi) is 12.3. The maximum absolute atomic E-state index is 12.1. The van der Waals surface area contributed by atoms with Crippen molar-refractivity contribution in [3.05, 3.63) is 35.9 Å². The van der Waals surface area contributed by atoms with Crippen molar-refractivity contribution in [2.24, 2.45) is 0 Å². The van der Waals surface area contributed by atoms with E-state index in [1.165, 1.54) is 0 Å². The highest BCUT2D eigenvalue weighted by atomic mass is 16.6. The van der Waals surface area contributed by atoms with Crippen molar-refractivity contribution in [3.63, 3.8) is 0 Å². The van der Waals surface area contributed by atoms with Crippen molar-refractivity contribution in [3.8, 4) is 11.8 Å². The fourth-order valence-corrected chi connectivity index (χ4v) is 2.85. The molecule has 0 fully saturated rings. The second kappa shape index (κ2) is 14.6. The molecule has 0 saturated heterocycles. The van der Waals surface area contributed by atoms with Gasteiger partial charge in [0.25, 0.3) is 0 Å². The summed E-state index contributed by atoms with van der Waals surface area (Å²) in [6.07, 6.45) is 4.58. The van der Waals surface area contributed by atoms with Crippen molar-refractivity contribution in [2.75, 3.05) is 13.1 Å². The molecule has 1 N–H and O–H groups in total. The Hall–Kier alpha value is -2.48. The third-order valence-electron chi connectivity index (χ3n) is 4.30. The predicted octanol–water partition coefficient (Wildman–Crippen LogP) is 4.51. The largest absolute Gasteiger partial charge is 0.433 e. The minimum atomic E-state index is -0.464. The zero-order valence-electron chi connectivity index (χ0n) is 17.5. The second-order valence-electron chi connectivity index (χ2n) is 6.40. The molecule has 1 atom stereocenters. The molecular weight excluding hydrogens is 352 g/mol. The van der Waals surface area contributed by atoms with Gasteiger partial charge in [-0.1, -0.05) is 69.4 Å². The zero-order chi connectivity index (χ0) is 20.6. The lowest BCUT2D eigenvalue weighted by Gasteiger charge is -2.23. The number of amides is 2. The number of nitrogens with zero attached hydrogens (tertiary/aromatic N) is 1. The number of nitrogens with one attached hydrogen (secondary N) is 1. The van der Waals surface area contributed by atoms with E-state index in [9.17, 15) is 9.59 Å². The van der Waals surface area contributed by atoms with Gasteiger partial charge in [-0.3, -0.25) is 4.79 Å². The molecule has 1 unspecified atom stereocenters. The molecule has 2 rings (SSSR count). The molecule has 0 bridgehead atoms. The summed E-state index contributed by atoms with van der Waals surface area (Å²) in [5.74, 6) is 6.14. The first-order chi connectivity index (χ1) is 13.7. The van der Waals surface area contributed by atoms with E-state index in [4.69, 9.17) is 4.74 Å². The maximum atomic E-state index is 12.1. The molecule has 0 aliphatic heterocycles. The Morgan fingerprint density at radius 3 is 2.64 bits per heavy atom. The van der Waals surface area contributed by atoms with Crippen LogP contribution in [0.4, 0.5) is 4.79 Å². The summed E-state index contributed by atoms with van der Waals surface area (Å²) < 4.78 is 5.39. The van der Waals surface area contributed by atoms with Crippen LogP contribution in [0.15, 0.2) is 30.3 Å². The molecule has 0 radical (unpaired) electrons. The standard InChI is InChI=1S/C21H28N2O3.C2H6/c1-2-20(24)23(17-18-11-7-6-8-12-18)16-15-22-21(25)26-19-13-9-4-3-5-10-14-19;1-2/h6-8,11-12,19H,2-5,9,13,15-17H2,1H3,(H,22,25);1-2H3. The summed E-state index contributed by atoms with van der Waals surface area (Å²) in [7, 11) is 0. The topological polar surface area (TPSA) is 58.6 Å². The van der Waals surface area contributed by atoms with Gasteiger partial charge >= 0.3 is 6.09 Å². The SMILES string of the molecule is CC.CCC(=O)N(CCNC(=O)OC1C#CCCCCC1)Cc1ccccc1. The Morgan fingerprint density at radius 1 is 1.18 bits per heavy atom. The third-order valence-corrected chi connectivity index (χ3v) is 4.30. The van der Waals surface area contributed by atoms with E-state index in [2.05, 4.69) is 17.2 Å². The molecule has 1 aliphatic carbocycles. The van der Waals surface area contributed by atoms with E-state index in [1.54, 1.807) is 4.90 Å². The fraction of sp³-hybridized carbons (Fsp3) is 0.565. The summed E-state index contributed by atoms with van der Waals surface area (Å²) in [5.41, 5.74) is 1.07. The maximum Gasteiger partial charge on any atom is 0.408 e. The van der Waals surface area contributed by atoms with Crippen LogP contribution >= 0.6 is 0 Å². The lowest BCUT2D eigenvalue weighted by molar-refractivity contribution is -0.131. The average Bonchev–Trinajstić information content (AvgIpc) is 2.71. The van der Waals surface area contributed by atoms with Crippen molar-refractivity contribution in [2.45, 2.75) is 71.9 Å². The lowest BCUT2D eigenvalue weighted by Crippen LogP contribution is -2.38. The molecule has 1 aliphatic rings. The van der Waals surface area contributed by atoms with Crippen LogP contribution in [0, 0.1) is 11.8 Å². The molecule has 0 aromatic heterocycles. The van der Waals surface area contributed by atoms with Gasteiger partial charge in [0.15, 0.2) is 6.10 Å². The van der Waals surface area contributed by atoms with Crippen molar-refractivity contribution in [1.29, 1.82) is 0 Å². The predicted molar refractivity (Wildman–Crippen MR) is 113 cm³/mol. The smallest absolute Gasteiger partial charge is 0.408 e. The van der Waals surface area contributed by atoms with Crippen LogP contribution < -0.4 is 5.32 Å². The van der Waals surface area contributed by atoms with E-state index in [-0.39, 0.29) is 12.0 Å². The highest BCUT2D eigenvalue weighted by molar-refractivity contribution is 5.76. The first-order valence-corrected chi connectivity index (χ1v) is 10.4. The Bertz CT molecular complexity index is 634. The van der Waals surface area contributed by atoms with Crippen LogP contribution in [0.5, 0.6) is 0 Å². The van der Waals surface area contributed by atoms with Crippen LogP contribution in [-0.4, -0.2) is 36.1 Å².